The Labute approximate surface area is 82.1 Å². The Bertz CT molecular complexity index is 305. The van der Waals surface area contributed by atoms with Crippen molar-refractivity contribution >= 4 is 5.91 Å². The van der Waals surface area contributed by atoms with Gasteiger partial charge in [0.15, 0.2) is 0 Å². The fourth-order valence-corrected chi connectivity index (χ4v) is 1.00. The van der Waals surface area contributed by atoms with Crippen LogP contribution < -0.4 is 5.32 Å². The zero-order valence-electron chi connectivity index (χ0n) is 8.28. The van der Waals surface area contributed by atoms with Crippen molar-refractivity contribution < 1.29 is 14.4 Å². The van der Waals surface area contributed by atoms with Gasteiger partial charge >= 0.3 is 0 Å². The molecule has 2 N–H and O–H groups in total. The Kier molecular flexibility index (Phi) is 3.64. The van der Waals surface area contributed by atoms with Crippen LogP contribution in [0.3, 0.4) is 0 Å². The van der Waals surface area contributed by atoms with E-state index >= 15 is 0 Å². The highest BCUT2D eigenvalue weighted by Crippen LogP contribution is 2.02. The van der Waals surface area contributed by atoms with Gasteiger partial charge in [-0.15, -0.1) is 0 Å². The third kappa shape index (κ3) is 2.56. The van der Waals surface area contributed by atoms with Gasteiger partial charge in [0.25, 0.3) is 5.91 Å². The molecule has 1 amide bonds. The Morgan fingerprint density at radius 3 is 2.93 bits per heavy atom. The second-order valence-electron chi connectivity index (χ2n) is 3.09. The van der Waals surface area contributed by atoms with E-state index in [1.165, 1.54) is 0 Å². The number of nitrogens with zero attached hydrogens (tertiary/aromatic N) is 1. The summed E-state index contributed by atoms with van der Waals surface area (Å²) in [5, 5.41) is 15.1. The number of aryl methyl sites for hydroxylation is 1. The van der Waals surface area contributed by atoms with Crippen molar-refractivity contribution in [3.63, 3.8) is 0 Å². The van der Waals surface area contributed by atoms with Gasteiger partial charge in [-0.3, -0.25) is 4.79 Å². The van der Waals surface area contributed by atoms with E-state index in [0.29, 0.717) is 12.1 Å². The van der Waals surface area contributed by atoms with Gasteiger partial charge in [-0.05, 0) is 13.3 Å². The fourth-order valence-electron chi connectivity index (χ4n) is 1.00. The van der Waals surface area contributed by atoms with Crippen LogP contribution in [-0.4, -0.2) is 28.8 Å². The van der Waals surface area contributed by atoms with Gasteiger partial charge in [-0.2, -0.15) is 0 Å². The highest BCUT2D eigenvalue weighted by Gasteiger charge is 2.14. The molecule has 5 nitrogen and oxygen atoms in total. The average molecular weight is 198 g/mol. The van der Waals surface area contributed by atoms with Crippen LogP contribution in [0.2, 0.25) is 0 Å². The van der Waals surface area contributed by atoms with Gasteiger partial charge in [-0.25, -0.2) is 0 Å². The van der Waals surface area contributed by atoms with Crippen LogP contribution in [0.25, 0.3) is 0 Å². The van der Waals surface area contributed by atoms with Crippen LogP contribution in [0.5, 0.6) is 0 Å². The number of hydrogen-bond acceptors (Lipinski definition) is 4. The van der Waals surface area contributed by atoms with Crippen LogP contribution in [0.4, 0.5) is 0 Å². The first-order valence-corrected chi connectivity index (χ1v) is 4.52. The Morgan fingerprint density at radius 1 is 1.79 bits per heavy atom. The monoisotopic (exact) mass is 198 g/mol. The molecule has 0 saturated heterocycles. The molecule has 78 valence electrons. The molecule has 1 aromatic heterocycles. The minimum absolute atomic E-state index is 0.0740. The molecule has 14 heavy (non-hydrogen) atoms. The van der Waals surface area contributed by atoms with E-state index < -0.39 is 0 Å². The second-order valence-corrected chi connectivity index (χ2v) is 3.09. The van der Waals surface area contributed by atoms with E-state index in [1.54, 1.807) is 13.0 Å². The van der Waals surface area contributed by atoms with E-state index in [4.69, 9.17) is 9.63 Å². The smallest absolute Gasteiger partial charge is 0.290 e. The molecule has 0 bridgehead atoms. The number of hydrogen-bond donors (Lipinski definition) is 2. The summed E-state index contributed by atoms with van der Waals surface area (Å²) < 4.78 is 4.77. The molecule has 1 atom stereocenters. The van der Waals surface area contributed by atoms with Gasteiger partial charge < -0.3 is 14.9 Å². The van der Waals surface area contributed by atoms with Crippen LogP contribution in [0.1, 0.15) is 29.6 Å². The summed E-state index contributed by atoms with van der Waals surface area (Å²) in [5.74, 6) is -0.166. The molecule has 1 aromatic rings. The van der Waals surface area contributed by atoms with Crippen molar-refractivity contribution in [2.45, 2.75) is 26.3 Å². The zero-order chi connectivity index (χ0) is 10.6. The average Bonchev–Trinajstić information content (AvgIpc) is 2.61. The van der Waals surface area contributed by atoms with Crippen LogP contribution in [-0.2, 0) is 0 Å². The summed E-state index contributed by atoms with van der Waals surface area (Å²) in [4.78, 5) is 11.4. The van der Waals surface area contributed by atoms with E-state index in [9.17, 15) is 4.79 Å². The van der Waals surface area contributed by atoms with Gasteiger partial charge in [0.05, 0.1) is 18.3 Å². The molecule has 0 aliphatic heterocycles. The summed E-state index contributed by atoms with van der Waals surface area (Å²) in [6.07, 6.45) is 0.676. The quantitative estimate of drug-likeness (QED) is 0.738. The maximum atomic E-state index is 11.4. The molecule has 0 aliphatic carbocycles. The number of aliphatic hydroxyl groups is 1. The molecule has 0 saturated carbocycles. The molecule has 0 unspecified atom stereocenters. The van der Waals surface area contributed by atoms with E-state index in [0.717, 1.165) is 0 Å². The zero-order valence-corrected chi connectivity index (χ0v) is 8.28. The predicted octanol–water partition coefficient (Wildman–Crippen LogP) is 0.484. The summed E-state index contributed by atoms with van der Waals surface area (Å²) in [5.41, 5.74) is 0.659. The first kappa shape index (κ1) is 10.7. The largest absolute Gasteiger partial charge is 0.394 e. The molecule has 1 rings (SSSR count). The lowest BCUT2D eigenvalue weighted by Gasteiger charge is -2.11. The summed E-state index contributed by atoms with van der Waals surface area (Å²) in [7, 11) is 0. The van der Waals surface area contributed by atoms with Crippen molar-refractivity contribution in [2.75, 3.05) is 6.61 Å². The Morgan fingerprint density at radius 2 is 2.50 bits per heavy atom. The van der Waals surface area contributed by atoms with Gasteiger partial charge in [0.2, 0.25) is 5.76 Å². The number of amides is 1. The van der Waals surface area contributed by atoms with Crippen LogP contribution in [0.15, 0.2) is 10.6 Å². The number of carbonyl (C=O) groups is 1. The lowest BCUT2D eigenvalue weighted by atomic mass is 10.2. The number of aromatic nitrogens is 1. The molecule has 1 heterocycles. The topological polar surface area (TPSA) is 75.4 Å². The Balaban J connectivity index is 2.58. The standard InChI is InChI=1S/C9H14N2O3/c1-3-7(5-12)10-9(13)8-4-6(2)11-14-8/h4,7,12H,3,5H2,1-2H3,(H,10,13)/t7-/m0/s1. The normalized spacial score (nSPS) is 12.5. The minimum Gasteiger partial charge on any atom is -0.394 e. The Hall–Kier alpha value is -1.36. The maximum absolute atomic E-state index is 11.4. The number of nitrogens with one attached hydrogen (secondary N) is 1. The number of rotatable bonds is 4. The molecule has 0 radical (unpaired) electrons. The molecule has 5 heteroatoms. The molecular weight excluding hydrogens is 184 g/mol. The molecule has 0 aromatic carbocycles. The van der Waals surface area contributed by atoms with Crippen LogP contribution in [0, 0.1) is 6.92 Å². The molecule has 0 fully saturated rings. The lowest BCUT2D eigenvalue weighted by molar-refractivity contribution is 0.0877. The van der Waals surface area contributed by atoms with Crippen molar-refractivity contribution in [2.24, 2.45) is 0 Å². The van der Waals surface area contributed by atoms with Gasteiger partial charge in [0.1, 0.15) is 0 Å². The maximum Gasteiger partial charge on any atom is 0.290 e. The molecular formula is C9H14N2O3. The molecule has 0 spiro atoms. The van der Waals surface area contributed by atoms with E-state index in [1.807, 2.05) is 6.92 Å². The minimum atomic E-state index is -0.341. The van der Waals surface area contributed by atoms with Gasteiger partial charge in [0, 0.05) is 6.07 Å². The fraction of sp³-hybridized carbons (Fsp3) is 0.556. The third-order valence-corrected chi connectivity index (χ3v) is 1.90. The summed E-state index contributed by atoms with van der Waals surface area (Å²) in [6.45, 7) is 3.55. The summed E-state index contributed by atoms with van der Waals surface area (Å²) >= 11 is 0. The SMILES string of the molecule is CC[C@@H](CO)NC(=O)c1cc(C)no1. The summed E-state index contributed by atoms with van der Waals surface area (Å²) in [6, 6.07) is 1.33. The third-order valence-electron chi connectivity index (χ3n) is 1.90. The first-order valence-electron chi connectivity index (χ1n) is 4.52. The van der Waals surface area contributed by atoms with E-state index in [-0.39, 0.29) is 24.3 Å². The van der Waals surface area contributed by atoms with E-state index in [2.05, 4.69) is 10.5 Å². The van der Waals surface area contributed by atoms with Crippen molar-refractivity contribution in [1.82, 2.24) is 10.5 Å². The van der Waals surface area contributed by atoms with Crippen molar-refractivity contribution in [3.8, 4) is 0 Å². The van der Waals surface area contributed by atoms with Crippen molar-refractivity contribution in [3.05, 3.63) is 17.5 Å². The highest BCUT2D eigenvalue weighted by molar-refractivity contribution is 5.91. The predicted molar refractivity (Wildman–Crippen MR) is 49.9 cm³/mol. The second kappa shape index (κ2) is 4.76. The number of aliphatic hydroxyl groups excluding tert-OH is 1. The first-order chi connectivity index (χ1) is 6.67. The number of carbonyl (C=O) groups excluding carboxylic acids is 1. The van der Waals surface area contributed by atoms with Gasteiger partial charge in [-0.1, -0.05) is 12.1 Å². The van der Waals surface area contributed by atoms with Crippen molar-refractivity contribution in [1.29, 1.82) is 0 Å². The molecule has 0 aliphatic rings. The lowest BCUT2D eigenvalue weighted by Crippen LogP contribution is -2.36. The highest BCUT2D eigenvalue weighted by atomic mass is 16.5. The van der Waals surface area contributed by atoms with Crippen LogP contribution >= 0.6 is 0 Å².